The summed E-state index contributed by atoms with van der Waals surface area (Å²) in [6.45, 7) is 0. The third kappa shape index (κ3) is 3.42. The largest absolute Gasteiger partial charge is 0.323 e. The van der Waals surface area contributed by atoms with E-state index in [1.165, 1.54) is 12.1 Å². The fourth-order valence-corrected chi connectivity index (χ4v) is 2.25. The van der Waals surface area contributed by atoms with E-state index in [-0.39, 0.29) is 4.90 Å². The van der Waals surface area contributed by atoms with Gasteiger partial charge < -0.3 is 0 Å². The summed E-state index contributed by atoms with van der Waals surface area (Å²) < 4.78 is 28.1. The van der Waals surface area contributed by atoms with Crippen LogP contribution in [0.3, 0.4) is 0 Å². The molecule has 0 amide bonds. The summed E-state index contributed by atoms with van der Waals surface area (Å²) in [6, 6.07) is 17.9. The van der Waals surface area contributed by atoms with Crippen LogP contribution >= 0.6 is 0 Å². The second-order valence-corrected chi connectivity index (χ2v) is 5.37. The van der Waals surface area contributed by atoms with Crippen LogP contribution in [0.15, 0.2) is 65.6 Å². The highest BCUT2D eigenvalue weighted by Crippen LogP contribution is 2.20. The highest BCUT2D eigenvalue weighted by molar-refractivity contribution is 7.86. The van der Waals surface area contributed by atoms with Crippen LogP contribution in [0.2, 0.25) is 0 Å². The number of hydrogen-bond donors (Lipinski definition) is 0. The van der Waals surface area contributed by atoms with E-state index in [0.29, 0.717) is 5.56 Å². The second-order valence-electron chi connectivity index (χ2n) is 3.85. The summed E-state index contributed by atoms with van der Waals surface area (Å²) >= 11 is 0. The quantitative estimate of drug-likeness (QED) is 0.624. The predicted octanol–water partition coefficient (Wildman–Crippen LogP) is 2.59. The molecule has 0 aliphatic rings. The van der Waals surface area contributed by atoms with Crippen LogP contribution in [-0.4, -0.2) is 8.42 Å². The van der Waals surface area contributed by atoms with Crippen LogP contribution in [-0.2, 0) is 19.3 Å². The molecule has 0 saturated heterocycles. The lowest BCUT2D eigenvalue weighted by atomic mass is 10.1. The van der Waals surface area contributed by atoms with Gasteiger partial charge in [-0.15, -0.1) is 4.33 Å². The van der Waals surface area contributed by atoms with E-state index in [2.05, 4.69) is 4.33 Å². The molecule has 102 valence electrons. The van der Waals surface area contributed by atoms with Crippen LogP contribution in [0.1, 0.15) is 11.7 Å². The maximum Gasteiger partial charge on any atom is 0.323 e. The molecule has 0 aliphatic carbocycles. The molecule has 0 bridgehead atoms. The summed E-state index contributed by atoms with van der Waals surface area (Å²) in [5, 5.41) is 9.00. The van der Waals surface area contributed by atoms with E-state index in [0.717, 1.165) is 0 Å². The van der Waals surface area contributed by atoms with Crippen molar-refractivity contribution in [1.82, 2.24) is 0 Å². The number of nitriles is 1. The van der Waals surface area contributed by atoms with Crippen molar-refractivity contribution < 1.29 is 17.6 Å². The van der Waals surface area contributed by atoms with E-state index in [1.807, 2.05) is 6.07 Å². The SMILES string of the molecule is N#CC(OOS(=O)(=O)c1ccccc1)c1ccccc1. The minimum absolute atomic E-state index is 0.0373. The molecule has 1 atom stereocenters. The van der Waals surface area contributed by atoms with Crippen molar-refractivity contribution in [1.29, 1.82) is 5.26 Å². The molecule has 0 N–H and O–H groups in total. The van der Waals surface area contributed by atoms with Gasteiger partial charge in [-0.2, -0.15) is 18.6 Å². The molecule has 2 rings (SSSR count). The zero-order valence-electron chi connectivity index (χ0n) is 10.3. The van der Waals surface area contributed by atoms with Gasteiger partial charge in [-0.05, 0) is 17.7 Å². The lowest BCUT2D eigenvalue weighted by Gasteiger charge is -2.09. The van der Waals surface area contributed by atoms with Crippen molar-refractivity contribution in [2.75, 3.05) is 0 Å². The van der Waals surface area contributed by atoms with E-state index in [1.54, 1.807) is 48.5 Å². The van der Waals surface area contributed by atoms with E-state index in [4.69, 9.17) is 10.1 Å². The molecule has 0 radical (unpaired) electrons. The normalized spacial score (nSPS) is 12.6. The maximum absolute atomic E-state index is 11.8. The smallest absolute Gasteiger partial charge is 0.196 e. The van der Waals surface area contributed by atoms with Gasteiger partial charge in [-0.3, -0.25) is 0 Å². The monoisotopic (exact) mass is 289 g/mol. The first-order chi connectivity index (χ1) is 9.63. The second kappa shape index (κ2) is 6.30. The molecule has 0 fully saturated rings. The standard InChI is InChI=1S/C14H11NO4S/c15-11-14(12-7-3-1-4-8-12)18-19-20(16,17)13-9-5-2-6-10-13/h1-10,14H. The third-order valence-corrected chi connectivity index (χ3v) is 3.58. The Kier molecular flexibility index (Phi) is 4.48. The Hall–Kier alpha value is -2.20. The predicted molar refractivity (Wildman–Crippen MR) is 70.6 cm³/mol. The van der Waals surface area contributed by atoms with Crippen LogP contribution in [0, 0.1) is 11.3 Å². The molecule has 0 aromatic heterocycles. The van der Waals surface area contributed by atoms with Crippen molar-refractivity contribution in [3.05, 3.63) is 66.2 Å². The summed E-state index contributed by atoms with van der Waals surface area (Å²) in [4.78, 5) is 4.71. The average Bonchev–Trinajstić information content (AvgIpc) is 2.50. The Morgan fingerprint density at radius 1 is 0.950 bits per heavy atom. The Bertz CT molecular complexity index is 693. The molecule has 0 aliphatic heterocycles. The minimum Gasteiger partial charge on any atom is -0.196 e. The van der Waals surface area contributed by atoms with Gasteiger partial charge in [0.15, 0.2) is 0 Å². The molecule has 0 saturated carbocycles. The van der Waals surface area contributed by atoms with Gasteiger partial charge in [-0.25, -0.2) is 0 Å². The summed E-state index contributed by atoms with van der Waals surface area (Å²) in [5.41, 5.74) is 0.512. The van der Waals surface area contributed by atoms with E-state index >= 15 is 0 Å². The van der Waals surface area contributed by atoms with Crippen LogP contribution in [0.25, 0.3) is 0 Å². The highest BCUT2D eigenvalue weighted by atomic mass is 32.2. The molecule has 1 unspecified atom stereocenters. The maximum atomic E-state index is 11.8. The van der Waals surface area contributed by atoms with E-state index in [9.17, 15) is 8.42 Å². The fraction of sp³-hybridized carbons (Fsp3) is 0.0714. The van der Waals surface area contributed by atoms with Crippen molar-refractivity contribution in [3.63, 3.8) is 0 Å². The summed E-state index contributed by atoms with van der Waals surface area (Å²) in [6.07, 6.45) is -1.12. The first-order valence-corrected chi connectivity index (χ1v) is 7.14. The van der Waals surface area contributed by atoms with Gasteiger partial charge in [0.25, 0.3) is 0 Å². The lowest BCUT2D eigenvalue weighted by Crippen LogP contribution is -2.10. The third-order valence-electron chi connectivity index (χ3n) is 2.48. The Morgan fingerprint density at radius 2 is 1.50 bits per heavy atom. The van der Waals surface area contributed by atoms with Gasteiger partial charge in [-0.1, -0.05) is 48.5 Å². The zero-order chi connectivity index (χ0) is 14.4. The Labute approximate surface area is 117 Å². The Balaban J connectivity index is 2.10. The van der Waals surface area contributed by atoms with Gasteiger partial charge in [0.05, 0.1) is 4.90 Å². The first kappa shape index (κ1) is 14.2. The lowest BCUT2D eigenvalue weighted by molar-refractivity contribution is -0.227. The van der Waals surface area contributed by atoms with Gasteiger partial charge in [0, 0.05) is 0 Å². The van der Waals surface area contributed by atoms with Crippen molar-refractivity contribution in [3.8, 4) is 6.07 Å². The van der Waals surface area contributed by atoms with Crippen LogP contribution < -0.4 is 0 Å². The fourth-order valence-electron chi connectivity index (χ4n) is 1.50. The highest BCUT2D eigenvalue weighted by Gasteiger charge is 2.20. The molecule has 0 spiro atoms. The number of nitrogens with zero attached hydrogens (tertiary/aromatic N) is 1. The molecule has 20 heavy (non-hydrogen) atoms. The zero-order valence-corrected chi connectivity index (χ0v) is 11.2. The molecule has 2 aromatic carbocycles. The molecule has 0 heterocycles. The topological polar surface area (TPSA) is 76.4 Å². The van der Waals surface area contributed by atoms with Crippen molar-refractivity contribution in [2.45, 2.75) is 11.0 Å². The van der Waals surface area contributed by atoms with E-state index < -0.39 is 16.2 Å². The number of benzene rings is 2. The molecule has 2 aromatic rings. The van der Waals surface area contributed by atoms with Gasteiger partial charge in [0.1, 0.15) is 6.07 Å². The average molecular weight is 289 g/mol. The number of hydrogen-bond acceptors (Lipinski definition) is 5. The van der Waals surface area contributed by atoms with Crippen molar-refractivity contribution >= 4 is 10.1 Å². The van der Waals surface area contributed by atoms with Crippen LogP contribution in [0.4, 0.5) is 0 Å². The Morgan fingerprint density at radius 3 is 2.05 bits per heavy atom. The van der Waals surface area contributed by atoms with Crippen LogP contribution in [0.5, 0.6) is 0 Å². The van der Waals surface area contributed by atoms with Gasteiger partial charge >= 0.3 is 10.1 Å². The molecule has 5 nitrogen and oxygen atoms in total. The molecular formula is C14H11NO4S. The summed E-state index contributed by atoms with van der Waals surface area (Å²) in [7, 11) is -4.05. The first-order valence-electron chi connectivity index (χ1n) is 5.73. The number of rotatable bonds is 5. The van der Waals surface area contributed by atoms with Crippen molar-refractivity contribution in [2.24, 2.45) is 0 Å². The molecular weight excluding hydrogens is 278 g/mol. The minimum atomic E-state index is -4.05. The molecule has 6 heteroatoms. The summed E-state index contributed by atoms with van der Waals surface area (Å²) in [5.74, 6) is 0. The van der Waals surface area contributed by atoms with Gasteiger partial charge in [0.2, 0.25) is 6.10 Å².